The van der Waals surface area contributed by atoms with E-state index >= 15 is 0 Å². The number of halogens is 2. The lowest BCUT2D eigenvalue weighted by molar-refractivity contribution is -0.118. The van der Waals surface area contributed by atoms with Gasteiger partial charge >= 0.3 is 0 Å². The van der Waals surface area contributed by atoms with Crippen molar-refractivity contribution in [2.24, 2.45) is 0 Å². The molecule has 16 heavy (non-hydrogen) atoms. The fourth-order valence-electron chi connectivity index (χ4n) is 1.36. The minimum Gasteiger partial charge on any atom is -0.299 e. The zero-order chi connectivity index (χ0) is 12.1. The van der Waals surface area contributed by atoms with Gasteiger partial charge in [-0.1, -0.05) is 22.9 Å². The summed E-state index contributed by atoms with van der Waals surface area (Å²) in [5, 5.41) is 0. The molecule has 0 spiro atoms. The number of carbonyl (C=O) groups excluding carboxylic acids is 2. The number of hydrogen-bond donors (Lipinski definition) is 0. The van der Waals surface area contributed by atoms with E-state index in [1.165, 1.54) is 12.1 Å². The summed E-state index contributed by atoms with van der Waals surface area (Å²) >= 11 is 3.10. The Labute approximate surface area is 102 Å². The second-order valence-electron chi connectivity index (χ2n) is 3.51. The maximum Gasteiger partial charge on any atom is 0.173 e. The monoisotopic (exact) mass is 286 g/mol. The van der Waals surface area contributed by atoms with Crippen LogP contribution in [0.25, 0.3) is 0 Å². The number of benzene rings is 1. The van der Waals surface area contributed by atoms with Crippen LogP contribution >= 0.6 is 15.9 Å². The smallest absolute Gasteiger partial charge is 0.173 e. The van der Waals surface area contributed by atoms with E-state index < -0.39 is 11.6 Å². The molecule has 0 aliphatic rings. The highest BCUT2D eigenvalue weighted by Crippen LogP contribution is 2.17. The van der Waals surface area contributed by atoms with E-state index in [0.29, 0.717) is 17.3 Å². The van der Waals surface area contributed by atoms with Gasteiger partial charge in [-0.05, 0) is 24.6 Å². The lowest BCUT2D eigenvalue weighted by Gasteiger charge is -2.02. The Balaban J connectivity index is 2.77. The number of rotatable bonds is 5. The Morgan fingerprint density at radius 1 is 1.38 bits per heavy atom. The van der Waals surface area contributed by atoms with Crippen LogP contribution in [-0.4, -0.2) is 11.6 Å². The molecule has 0 fully saturated rings. The van der Waals surface area contributed by atoms with E-state index in [-0.39, 0.29) is 17.8 Å². The van der Waals surface area contributed by atoms with Crippen LogP contribution in [-0.2, 0) is 4.79 Å². The van der Waals surface area contributed by atoms with Gasteiger partial charge in [0.1, 0.15) is 11.6 Å². The van der Waals surface area contributed by atoms with E-state index in [1.807, 2.05) is 6.92 Å². The first-order valence-corrected chi connectivity index (χ1v) is 5.84. The first kappa shape index (κ1) is 13.0. The van der Waals surface area contributed by atoms with Crippen molar-refractivity contribution in [2.75, 3.05) is 0 Å². The fraction of sp³-hybridized carbons (Fsp3) is 0.333. The minimum atomic E-state index is -0.594. The van der Waals surface area contributed by atoms with Gasteiger partial charge in [-0.25, -0.2) is 4.39 Å². The Hall–Kier alpha value is -1.03. The van der Waals surface area contributed by atoms with Crippen molar-refractivity contribution in [3.63, 3.8) is 0 Å². The average Bonchev–Trinajstić information content (AvgIpc) is 2.17. The summed E-state index contributed by atoms with van der Waals surface area (Å²) < 4.78 is 13.9. The van der Waals surface area contributed by atoms with E-state index in [2.05, 4.69) is 15.9 Å². The number of carbonyl (C=O) groups is 2. The fourth-order valence-corrected chi connectivity index (χ4v) is 1.69. The molecule has 0 bridgehead atoms. The lowest BCUT2D eigenvalue weighted by atomic mass is 10.0. The molecular formula is C12H12BrFO2. The van der Waals surface area contributed by atoms with E-state index in [9.17, 15) is 14.0 Å². The quantitative estimate of drug-likeness (QED) is 0.613. The van der Waals surface area contributed by atoms with Gasteiger partial charge in [0.25, 0.3) is 0 Å². The van der Waals surface area contributed by atoms with Gasteiger partial charge in [-0.2, -0.15) is 0 Å². The largest absolute Gasteiger partial charge is 0.299 e. The van der Waals surface area contributed by atoms with Gasteiger partial charge in [0.05, 0.1) is 12.0 Å². The van der Waals surface area contributed by atoms with Gasteiger partial charge in [-0.3, -0.25) is 9.59 Å². The second kappa shape index (κ2) is 5.89. The molecular weight excluding hydrogens is 275 g/mol. The number of hydrogen-bond acceptors (Lipinski definition) is 2. The SMILES string of the molecule is CCCC(=O)CC(=O)c1ccc(Br)cc1F. The average molecular weight is 287 g/mol. The Kier molecular flexibility index (Phi) is 4.80. The van der Waals surface area contributed by atoms with Gasteiger partial charge in [0.15, 0.2) is 5.78 Å². The molecule has 1 rings (SSSR count). The van der Waals surface area contributed by atoms with Crippen LogP contribution in [0.1, 0.15) is 36.5 Å². The van der Waals surface area contributed by atoms with Gasteiger partial charge in [0, 0.05) is 10.9 Å². The molecule has 0 N–H and O–H groups in total. The Bertz CT molecular complexity index is 415. The first-order chi connectivity index (χ1) is 7.54. The molecule has 0 amide bonds. The normalized spacial score (nSPS) is 10.2. The van der Waals surface area contributed by atoms with E-state index in [0.717, 1.165) is 0 Å². The third-order valence-electron chi connectivity index (χ3n) is 2.12. The predicted octanol–water partition coefficient (Wildman–Crippen LogP) is 3.53. The highest BCUT2D eigenvalue weighted by molar-refractivity contribution is 9.10. The Morgan fingerprint density at radius 2 is 2.06 bits per heavy atom. The molecule has 0 aliphatic carbocycles. The summed E-state index contributed by atoms with van der Waals surface area (Å²) in [5.74, 6) is -1.19. The molecule has 0 unspecified atom stereocenters. The molecule has 0 aliphatic heterocycles. The van der Waals surface area contributed by atoms with Crippen molar-refractivity contribution in [2.45, 2.75) is 26.2 Å². The van der Waals surface area contributed by atoms with Gasteiger partial charge in [-0.15, -0.1) is 0 Å². The van der Waals surface area contributed by atoms with Crippen LogP contribution in [0.4, 0.5) is 4.39 Å². The summed E-state index contributed by atoms with van der Waals surface area (Å²) in [6.07, 6.45) is 0.852. The topological polar surface area (TPSA) is 34.1 Å². The molecule has 0 aromatic heterocycles. The molecule has 0 saturated carbocycles. The molecule has 0 atom stereocenters. The van der Waals surface area contributed by atoms with Crippen LogP contribution in [0.3, 0.4) is 0 Å². The second-order valence-corrected chi connectivity index (χ2v) is 4.43. The third kappa shape index (κ3) is 3.52. The molecule has 1 aromatic rings. The summed E-state index contributed by atoms with van der Waals surface area (Å²) in [5.41, 5.74) is -0.0207. The lowest BCUT2D eigenvalue weighted by Crippen LogP contribution is -2.09. The molecule has 86 valence electrons. The molecule has 1 aromatic carbocycles. The van der Waals surface area contributed by atoms with Gasteiger partial charge < -0.3 is 0 Å². The van der Waals surface area contributed by atoms with Crippen molar-refractivity contribution < 1.29 is 14.0 Å². The zero-order valence-corrected chi connectivity index (χ0v) is 10.5. The standard InChI is InChI=1S/C12H12BrFO2/c1-2-3-9(15)7-12(16)10-5-4-8(13)6-11(10)14/h4-6H,2-3,7H2,1H3. The van der Waals surface area contributed by atoms with Crippen molar-refractivity contribution in [3.05, 3.63) is 34.1 Å². The molecule has 0 saturated heterocycles. The van der Waals surface area contributed by atoms with E-state index in [4.69, 9.17) is 0 Å². The molecule has 0 heterocycles. The maximum absolute atomic E-state index is 13.4. The van der Waals surface area contributed by atoms with Gasteiger partial charge in [0.2, 0.25) is 0 Å². The number of Topliss-reactive ketones (excluding diaryl/α,β-unsaturated/α-hetero) is 2. The van der Waals surface area contributed by atoms with Crippen LogP contribution in [0.2, 0.25) is 0 Å². The van der Waals surface area contributed by atoms with Crippen LogP contribution in [0, 0.1) is 5.82 Å². The molecule has 4 heteroatoms. The maximum atomic E-state index is 13.4. The highest BCUT2D eigenvalue weighted by Gasteiger charge is 2.15. The van der Waals surface area contributed by atoms with Crippen molar-refractivity contribution in [1.29, 1.82) is 0 Å². The predicted molar refractivity (Wildman–Crippen MR) is 63.0 cm³/mol. The van der Waals surface area contributed by atoms with Crippen molar-refractivity contribution >= 4 is 27.5 Å². The minimum absolute atomic E-state index is 0.0207. The highest BCUT2D eigenvalue weighted by atomic mass is 79.9. The first-order valence-electron chi connectivity index (χ1n) is 5.04. The summed E-state index contributed by atoms with van der Waals surface area (Å²) in [6, 6.07) is 4.19. The van der Waals surface area contributed by atoms with Crippen LogP contribution in [0.5, 0.6) is 0 Å². The molecule has 2 nitrogen and oxygen atoms in total. The summed E-state index contributed by atoms with van der Waals surface area (Å²) in [6.45, 7) is 1.86. The van der Waals surface area contributed by atoms with Crippen molar-refractivity contribution in [3.8, 4) is 0 Å². The number of ketones is 2. The zero-order valence-electron chi connectivity index (χ0n) is 8.93. The Morgan fingerprint density at radius 3 is 2.62 bits per heavy atom. The van der Waals surface area contributed by atoms with Crippen LogP contribution in [0.15, 0.2) is 22.7 Å². The van der Waals surface area contributed by atoms with E-state index in [1.54, 1.807) is 6.07 Å². The van der Waals surface area contributed by atoms with Crippen molar-refractivity contribution in [1.82, 2.24) is 0 Å². The third-order valence-corrected chi connectivity index (χ3v) is 2.61. The van der Waals surface area contributed by atoms with Crippen LogP contribution < -0.4 is 0 Å². The summed E-state index contributed by atoms with van der Waals surface area (Å²) in [4.78, 5) is 22.8. The summed E-state index contributed by atoms with van der Waals surface area (Å²) in [7, 11) is 0. The molecule has 0 radical (unpaired) electrons.